The third-order valence-electron chi connectivity index (χ3n) is 3.14. The molecule has 1 amide bonds. The van der Waals surface area contributed by atoms with Gasteiger partial charge >= 0.3 is 0 Å². The van der Waals surface area contributed by atoms with Crippen molar-refractivity contribution in [1.29, 1.82) is 0 Å². The van der Waals surface area contributed by atoms with E-state index >= 15 is 0 Å². The number of carbonyl (C=O) groups is 1. The van der Waals surface area contributed by atoms with Gasteiger partial charge in [0.15, 0.2) is 9.84 Å². The SMILES string of the molecule is C[C@H](Cn1cccn1)NC(=O)Cc1ccc(S(C)(=O)=O)cc1. The summed E-state index contributed by atoms with van der Waals surface area (Å²) >= 11 is 0. The van der Waals surface area contributed by atoms with Crippen molar-refractivity contribution in [3.05, 3.63) is 48.3 Å². The van der Waals surface area contributed by atoms with Crippen LogP contribution in [0.1, 0.15) is 12.5 Å². The fourth-order valence-corrected chi connectivity index (χ4v) is 2.73. The largest absolute Gasteiger partial charge is 0.351 e. The highest BCUT2D eigenvalue weighted by atomic mass is 32.2. The topological polar surface area (TPSA) is 81.1 Å². The summed E-state index contributed by atoms with van der Waals surface area (Å²) in [7, 11) is -3.21. The highest BCUT2D eigenvalue weighted by Gasteiger charge is 2.10. The van der Waals surface area contributed by atoms with E-state index in [-0.39, 0.29) is 23.3 Å². The lowest BCUT2D eigenvalue weighted by Crippen LogP contribution is -2.36. The van der Waals surface area contributed by atoms with E-state index in [1.165, 1.54) is 12.1 Å². The molecule has 6 nitrogen and oxygen atoms in total. The van der Waals surface area contributed by atoms with Crippen molar-refractivity contribution in [1.82, 2.24) is 15.1 Å². The Morgan fingerprint density at radius 2 is 2.00 bits per heavy atom. The molecular formula is C15H19N3O3S. The third kappa shape index (κ3) is 4.70. The van der Waals surface area contributed by atoms with Gasteiger partial charge in [-0.1, -0.05) is 12.1 Å². The second-order valence-electron chi connectivity index (χ2n) is 5.29. The minimum atomic E-state index is -3.21. The van der Waals surface area contributed by atoms with Gasteiger partial charge in [-0.2, -0.15) is 5.10 Å². The standard InChI is InChI=1S/C15H19N3O3S/c1-12(11-18-9-3-8-16-18)17-15(19)10-13-4-6-14(7-5-13)22(2,20)21/h3-9,12H,10-11H2,1-2H3,(H,17,19)/t12-/m1/s1. The molecule has 0 unspecified atom stereocenters. The number of nitrogens with zero attached hydrogens (tertiary/aromatic N) is 2. The fourth-order valence-electron chi connectivity index (χ4n) is 2.10. The van der Waals surface area contributed by atoms with Gasteiger partial charge in [0.1, 0.15) is 0 Å². The lowest BCUT2D eigenvalue weighted by molar-refractivity contribution is -0.121. The Morgan fingerprint density at radius 3 is 2.55 bits per heavy atom. The number of hydrogen-bond donors (Lipinski definition) is 1. The molecule has 0 aliphatic rings. The summed E-state index contributed by atoms with van der Waals surface area (Å²) in [4.78, 5) is 12.2. The Balaban J connectivity index is 1.89. The third-order valence-corrected chi connectivity index (χ3v) is 4.27. The van der Waals surface area contributed by atoms with Gasteiger partial charge in [-0.05, 0) is 30.7 Å². The summed E-state index contributed by atoms with van der Waals surface area (Å²) in [6.07, 6.45) is 4.91. The lowest BCUT2D eigenvalue weighted by Gasteiger charge is -2.14. The van der Waals surface area contributed by atoms with E-state index in [9.17, 15) is 13.2 Å². The first kappa shape index (κ1) is 16.2. The number of hydrogen-bond acceptors (Lipinski definition) is 4. The Morgan fingerprint density at radius 1 is 1.32 bits per heavy atom. The molecule has 0 bridgehead atoms. The van der Waals surface area contributed by atoms with Gasteiger partial charge in [0.05, 0.1) is 17.9 Å². The summed E-state index contributed by atoms with van der Waals surface area (Å²) in [5.41, 5.74) is 0.774. The van der Waals surface area contributed by atoms with Crippen LogP contribution in [-0.2, 0) is 27.6 Å². The van der Waals surface area contributed by atoms with Gasteiger partial charge in [0.25, 0.3) is 0 Å². The Hall–Kier alpha value is -2.15. The molecule has 2 aromatic rings. The van der Waals surface area contributed by atoms with E-state index in [0.29, 0.717) is 6.54 Å². The number of sulfone groups is 1. The zero-order chi connectivity index (χ0) is 16.2. The first-order valence-corrected chi connectivity index (χ1v) is 8.79. The Bertz CT molecular complexity index is 722. The molecule has 1 atom stereocenters. The summed E-state index contributed by atoms with van der Waals surface area (Å²) < 4.78 is 24.5. The number of benzene rings is 1. The predicted molar refractivity (Wildman–Crippen MR) is 83.1 cm³/mol. The zero-order valence-corrected chi connectivity index (χ0v) is 13.4. The molecule has 0 radical (unpaired) electrons. The van der Waals surface area contributed by atoms with E-state index < -0.39 is 9.84 Å². The van der Waals surface area contributed by atoms with E-state index in [4.69, 9.17) is 0 Å². The molecule has 118 valence electrons. The molecule has 0 aliphatic carbocycles. The predicted octanol–water partition coefficient (Wildman–Crippen LogP) is 1.03. The van der Waals surface area contributed by atoms with Crippen LogP contribution < -0.4 is 5.32 Å². The van der Waals surface area contributed by atoms with Crippen LogP contribution in [0.5, 0.6) is 0 Å². The number of amides is 1. The van der Waals surface area contributed by atoms with Crippen molar-refractivity contribution in [2.24, 2.45) is 0 Å². The van der Waals surface area contributed by atoms with Crippen molar-refractivity contribution in [2.75, 3.05) is 6.26 Å². The Kier molecular flexibility index (Phi) is 4.97. The molecular weight excluding hydrogens is 302 g/mol. The second-order valence-corrected chi connectivity index (χ2v) is 7.31. The van der Waals surface area contributed by atoms with Crippen LogP contribution >= 0.6 is 0 Å². The molecule has 0 saturated carbocycles. The monoisotopic (exact) mass is 321 g/mol. The molecule has 7 heteroatoms. The maximum absolute atomic E-state index is 12.0. The van der Waals surface area contributed by atoms with Gasteiger partial charge < -0.3 is 5.32 Å². The van der Waals surface area contributed by atoms with Crippen molar-refractivity contribution >= 4 is 15.7 Å². The van der Waals surface area contributed by atoms with Crippen LogP contribution in [0.15, 0.2) is 47.6 Å². The van der Waals surface area contributed by atoms with Crippen LogP contribution in [0.2, 0.25) is 0 Å². The van der Waals surface area contributed by atoms with Crippen LogP contribution in [0.25, 0.3) is 0 Å². The van der Waals surface area contributed by atoms with Crippen molar-refractivity contribution in [3.8, 4) is 0 Å². The van der Waals surface area contributed by atoms with Crippen LogP contribution in [0, 0.1) is 0 Å². The molecule has 1 N–H and O–H groups in total. The summed E-state index contributed by atoms with van der Waals surface area (Å²) in [5.74, 6) is -0.105. The maximum atomic E-state index is 12.0. The van der Waals surface area contributed by atoms with E-state index in [1.54, 1.807) is 23.0 Å². The second kappa shape index (κ2) is 6.74. The molecule has 1 aromatic carbocycles. The Labute approximate surface area is 130 Å². The van der Waals surface area contributed by atoms with E-state index in [1.807, 2.05) is 19.2 Å². The summed E-state index contributed by atoms with van der Waals surface area (Å²) in [6, 6.07) is 8.15. The van der Waals surface area contributed by atoms with Crippen LogP contribution in [0.4, 0.5) is 0 Å². The zero-order valence-electron chi connectivity index (χ0n) is 12.6. The average molecular weight is 321 g/mol. The van der Waals surface area contributed by atoms with Gasteiger partial charge in [0, 0.05) is 24.7 Å². The molecule has 0 spiro atoms. The average Bonchev–Trinajstić information content (AvgIpc) is 2.90. The molecule has 0 fully saturated rings. The summed E-state index contributed by atoms with van der Waals surface area (Å²) in [5, 5.41) is 6.98. The smallest absolute Gasteiger partial charge is 0.224 e. The van der Waals surface area contributed by atoms with E-state index in [2.05, 4.69) is 10.4 Å². The highest BCUT2D eigenvalue weighted by Crippen LogP contribution is 2.10. The highest BCUT2D eigenvalue weighted by molar-refractivity contribution is 7.90. The van der Waals surface area contributed by atoms with Crippen LogP contribution in [0.3, 0.4) is 0 Å². The van der Waals surface area contributed by atoms with E-state index in [0.717, 1.165) is 11.8 Å². The molecule has 1 aromatic heterocycles. The van der Waals surface area contributed by atoms with Crippen molar-refractivity contribution in [3.63, 3.8) is 0 Å². The van der Waals surface area contributed by atoms with Crippen LogP contribution in [-0.4, -0.2) is 36.4 Å². The quantitative estimate of drug-likeness (QED) is 0.862. The minimum Gasteiger partial charge on any atom is -0.351 e. The molecule has 0 saturated heterocycles. The van der Waals surface area contributed by atoms with Gasteiger partial charge in [-0.25, -0.2) is 8.42 Å². The van der Waals surface area contributed by atoms with Crippen molar-refractivity contribution < 1.29 is 13.2 Å². The normalized spacial score (nSPS) is 12.8. The lowest BCUT2D eigenvalue weighted by atomic mass is 10.1. The number of rotatable bonds is 6. The van der Waals surface area contributed by atoms with Gasteiger partial charge in [-0.15, -0.1) is 0 Å². The first-order valence-electron chi connectivity index (χ1n) is 6.90. The molecule has 0 aliphatic heterocycles. The first-order chi connectivity index (χ1) is 10.3. The number of aromatic nitrogens is 2. The fraction of sp³-hybridized carbons (Fsp3) is 0.333. The maximum Gasteiger partial charge on any atom is 0.224 e. The number of nitrogens with one attached hydrogen (secondary N) is 1. The van der Waals surface area contributed by atoms with Gasteiger partial charge in [0.2, 0.25) is 5.91 Å². The van der Waals surface area contributed by atoms with Crippen molar-refractivity contribution in [2.45, 2.75) is 30.8 Å². The minimum absolute atomic E-state index is 0.0392. The summed E-state index contributed by atoms with van der Waals surface area (Å²) in [6.45, 7) is 2.51. The molecule has 1 heterocycles. The molecule has 2 rings (SSSR count). The number of carbonyl (C=O) groups excluding carboxylic acids is 1. The molecule has 22 heavy (non-hydrogen) atoms. The van der Waals surface area contributed by atoms with Gasteiger partial charge in [-0.3, -0.25) is 9.48 Å².